The Bertz CT molecular complexity index is 913. The number of hydrogen-bond acceptors (Lipinski definition) is 7. The van der Waals surface area contributed by atoms with Crippen molar-refractivity contribution in [3.63, 3.8) is 0 Å². The highest BCUT2D eigenvalue weighted by atomic mass is 16.6. The van der Waals surface area contributed by atoms with Crippen LogP contribution >= 0.6 is 0 Å². The molecular formula is C19H18N2O7. The first-order valence-electron chi connectivity index (χ1n) is 8.48. The molecule has 1 aliphatic heterocycles. The molecule has 0 unspecified atom stereocenters. The molecule has 0 aliphatic carbocycles. The van der Waals surface area contributed by atoms with Crippen molar-refractivity contribution in [3.05, 3.63) is 63.7 Å². The van der Waals surface area contributed by atoms with Gasteiger partial charge in [-0.15, -0.1) is 0 Å². The Morgan fingerprint density at radius 1 is 1.14 bits per heavy atom. The van der Waals surface area contributed by atoms with Crippen LogP contribution in [0, 0.1) is 10.1 Å². The number of amides is 1. The first-order chi connectivity index (χ1) is 13.4. The largest absolute Gasteiger partial charge is 0.486 e. The summed E-state index contributed by atoms with van der Waals surface area (Å²) in [5, 5.41) is 10.8. The Kier molecular flexibility index (Phi) is 5.73. The molecule has 3 rings (SSSR count). The van der Waals surface area contributed by atoms with Crippen LogP contribution in [0.4, 0.5) is 5.69 Å². The molecule has 2 aromatic rings. The predicted octanol–water partition coefficient (Wildman–Crippen LogP) is 2.18. The highest BCUT2D eigenvalue weighted by molar-refractivity contribution is 5.91. The van der Waals surface area contributed by atoms with Crippen LogP contribution in [0.1, 0.15) is 15.9 Å². The lowest BCUT2D eigenvalue weighted by atomic mass is 10.2. The molecule has 9 heteroatoms. The molecule has 2 aromatic carbocycles. The first-order valence-corrected chi connectivity index (χ1v) is 8.48. The van der Waals surface area contributed by atoms with Crippen molar-refractivity contribution in [1.29, 1.82) is 0 Å². The van der Waals surface area contributed by atoms with E-state index < -0.39 is 23.4 Å². The van der Waals surface area contributed by atoms with E-state index in [4.69, 9.17) is 14.2 Å². The Labute approximate surface area is 160 Å². The van der Waals surface area contributed by atoms with Gasteiger partial charge in [-0.3, -0.25) is 14.9 Å². The lowest BCUT2D eigenvalue weighted by Crippen LogP contribution is -2.30. The third-order valence-electron chi connectivity index (χ3n) is 4.07. The summed E-state index contributed by atoms with van der Waals surface area (Å²) in [6, 6.07) is 10.5. The fourth-order valence-electron chi connectivity index (χ4n) is 2.62. The molecular weight excluding hydrogens is 368 g/mol. The van der Waals surface area contributed by atoms with Crippen molar-refractivity contribution >= 4 is 17.6 Å². The number of likely N-dealkylation sites (N-methyl/N-ethyl adjacent to an activating group) is 1. The molecule has 0 bridgehead atoms. The standard InChI is InChI=1S/C19H18N2O7/c1-20(11-13-5-6-16-17(9-13)27-8-7-26-16)18(22)12-28-19(23)14-3-2-4-15(10-14)21(24)25/h2-6,9-10H,7-8,11-12H2,1H3. The van der Waals surface area contributed by atoms with Crippen molar-refractivity contribution in [2.75, 3.05) is 26.9 Å². The maximum absolute atomic E-state index is 12.2. The molecule has 9 nitrogen and oxygen atoms in total. The Morgan fingerprint density at radius 3 is 2.64 bits per heavy atom. The fraction of sp³-hybridized carbons (Fsp3) is 0.263. The quantitative estimate of drug-likeness (QED) is 0.425. The van der Waals surface area contributed by atoms with Gasteiger partial charge in [0.15, 0.2) is 18.1 Å². The van der Waals surface area contributed by atoms with Gasteiger partial charge in [-0.05, 0) is 23.8 Å². The average Bonchev–Trinajstić information content (AvgIpc) is 2.71. The maximum Gasteiger partial charge on any atom is 0.338 e. The van der Waals surface area contributed by atoms with E-state index in [9.17, 15) is 19.7 Å². The molecule has 28 heavy (non-hydrogen) atoms. The van der Waals surface area contributed by atoms with E-state index in [0.29, 0.717) is 31.3 Å². The van der Waals surface area contributed by atoms with Gasteiger partial charge in [-0.25, -0.2) is 4.79 Å². The predicted molar refractivity (Wildman–Crippen MR) is 97.3 cm³/mol. The van der Waals surface area contributed by atoms with Crippen LogP contribution in [0.3, 0.4) is 0 Å². The zero-order valence-corrected chi connectivity index (χ0v) is 15.1. The van der Waals surface area contributed by atoms with E-state index in [1.54, 1.807) is 19.2 Å². The minimum Gasteiger partial charge on any atom is -0.486 e. The number of nitrogens with zero attached hydrogens (tertiary/aromatic N) is 2. The zero-order chi connectivity index (χ0) is 20.1. The second-order valence-corrected chi connectivity index (χ2v) is 6.11. The average molecular weight is 386 g/mol. The molecule has 1 aliphatic rings. The van der Waals surface area contributed by atoms with Crippen molar-refractivity contribution in [3.8, 4) is 11.5 Å². The molecule has 0 saturated heterocycles. The topological polar surface area (TPSA) is 108 Å². The summed E-state index contributed by atoms with van der Waals surface area (Å²) in [4.78, 5) is 35.8. The second-order valence-electron chi connectivity index (χ2n) is 6.11. The summed E-state index contributed by atoms with van der Waals surface area (Å²) in [7, 11) is 1.58. The molecule has 0 radical (unpaired) electrons. The van der Waals surface area contributed by atoms with Crippen LogP contribution in [0.5, 0.6) is 11.5 Å². The van der Waals surface area contributed by atoms with E-state index in [-0.39, 0.29) is 11.3 Å². The SMILES string of the molecule is CN(Cc1ccc2c(c1)OCCO2)C(=O)COC(=O)c1cccc([N+](=O)[O-])c1. The first kappa shape index (κ1) is 19.2. The number of carbonyl (C=O) groups excluding carboxylic acids is 2. The van der Waals surface area contributed by atoms with Crippen LogP contribution in [-0.4, -0.2) is 48.6 Å². The van der Waals surface area contributed by atoms with Gasteiger partial charge in [-0.1, -0.05) is 12.1 Å². The summed E-state index contributed by atoms with van der Waals surface area (Å²) in [6.07, 6.45) is 0. The van der Waals surface area contributed by atoms with Crippen LogP contribution in [0.15, 0.2) is 42.5 Å². The van der Waals surface area contributed by atoms with Crippen molar-refractivity contribution in [1.82, 2.24) is 4.90 Å². The molecule has 1 heterocycles. The highest BCUT2D eigenvalue weighted by Crippen LogP contribution is 2.31. The molecule has 0 N–H and O–H groups in total. The van der Waals surface area contributed by atoms with Crippen LogP contribution in [0.25, 0.3) is 0 Å². The zero-order valence-electron chi connectivity index (χ0n) is 15.1. The molecule has 0 saturated carbocycles. The number of ether oxygens (including phenoxy) is 3. The van der Waals surface area contributed by atoms with Gasteiger partial charge in [0.25, 0.3) is 11.6 Å². The highest BCUT2D eigenvalue weighted by Gasteiger charge is 2.17. The summed E-state index contributed by atoms with van der Waals surface area (Å²) in [5.74, 6) is 0.0787. The van der Waals surface area contributed by atoms with E-state index in [2.05, 4.69) is 0 Å². The van der Waals surface area contributed by atoms with Crippen LogP contribution < -0.4 is 9.47 Å². The van der Waals surface area contributed by atoms with Gasteiger partial charge in [0.1, 0.15) is 13.2 Å². The normalized spacial score (nSPS) is 12.2. The number of benzene rings is 2. The minimum atomic E-state index is -0.801. The number of rotatable bonds is 6. The summed E-state index contributed by atoms with van der Waals surface area (Å²) in [6.45, 7) is 0.798. The number of hydrogen-bond donors (Lipinski definition) is 0. The van der Waals surface area contributed by atoms with Crippen LogP contribution in [0.2, 0.25) is 0 Å². The number of non-ortho nitro benzene ring substituents is 1. The molecule has 0 spiro atoms. The van der Waals surface area contributed by atoms with Crippen molar-refractivity contribution in [2.45, 2.75) is 6.54 Å². The molecule has 146 valence electrons. The van der Waals surface area contributed by atoms with E-state index in [1.165, 1.54) is 23.1 Å². The van der Waals surface area contributed by atoms with Crippen molar-refractivity contribution < 1.29 is 28.7 Å². The summed E-state index contributed by atoms with van der Waals surface area (Å²) < 4.78 is 15.9. The van der Waals surface area contributed by atoms with E-state index in [1.807, 2.05) is 6.07 Å². The Morgan fingerprint density at radius 2 is 1.89 bits per heavy atom. The van der Waals surface area contributed by atoms with E-state index >= 15 is 0 Å². The van der Waals surface area contributed by atoms with Gasteiger partial charge in [-0.2, -0.15) is 0 Å². The Balaban J connectivity index is 1.55. The molecule has 0 aromatic heterocycles. The lowest BCUT2D eigenvalue weighted by molar-refractivity contribution is -0.384. The number of carbonyl (C=O) groups is 2. The molecule has 0 atom stereocenters. The smallest absolute Gasteiger partial charge is 0.338 e. The van der Waals surface area contributed by atoms with Gasteiger partial charge < -0.3 is 19.1 Å². The second kappa shape index (κ2) is 8.38. The van der Waals surface area contributed by atoms with Gasteiger partial charge in [0.05, 0.1) is 10.5 Å². The Hall–Kier alpha value is -3.62. The fourth-order valence-corrected chi connectivity index (χ4v) is 2.62. The molecule has 0 fully saturated rings. The number of nitro benzene ring substituents is 1. The number of fused-ring (bicyclic) bond motifs is 1. The van der Waals surface area contributed by atoms with Crippen LogP contribution in [-0.2, 0) is 16.1 Å². The van der Waals surface area contributed by atoms with Gasteiger partial charge in [0, 0.05) is 25.7 Å². The summed E-state index contributed by atoms with van der Waals surface area (Å²) >= 11 is 0. The number of nitro groups is 1. The third-order valence-corrected chi connectivity index (χ3v) is 4.07. The maximum atomic E-state index is 12.2. The minimum absolute atomic E-state index is 0.0106. The van der Waals surface area contributed by atoms with Crippen molar-refractivity contribution in [2.24, 2.45) is 0 Å². The monoisotopic (exact) mass is 386 g/mol. The third kappa shape index (κ3) is 4.56. The lowest BCUT2D eigenvalue weighted by Gasteiger charge is -2.21. The molecule has 1 amide bonds. The van der Waals surface area contributed by atoms with Gasteiger partial charge in [0.2, 0.25) is 0 Å². The summed E-state index contributed by atoms with van der Waals surface area (Å²) in [5.41, 5.74) is 0.623. The van der Waals surface area contributed by atoms with Gasteiger partial charge >= 0.3 is 5.97 Å². The van der Waals surface area contributed by atoms with E-state index in [0.717, 1.165) is 11.6 Å². The number of esters is 1.